The molecule has 8 N–H and O–H groups in total. The van der Waals surface area contributed by atoms with Crippen molar-refractivity contribution in [1.29, 1.82) is 0 Å². The highest BCUT2D eigenvalue weighted by Gasteiger charge is 2.15. The number of ether oxygens (including phenoxy) is 1. The van der Waals surface area contributed by atoms with Crippen LogP contribution in [0.1, 0.15) is 62.3 Å². The maximum Gasteiger partial charge on any atom is 0.261 e. The molecular formula is C28H51N7O6S. The number of phenols is 1. The Labute approximate surface area is 250 Å². The number of phenolic OH excluding ortho intramolecular Hbond substituents is 1. The van der Waals surface area contributed by atoms with Gasteiger partial charge in [0.05, 0.1) is 25.3 Å². The molecule has 0 spiro atoms. The Hall–Kier alpha value is -2.75. The number of benzene rings is 1. The number of rotatable bonds is 16. The average molecular weight is 614 g/mol. The van der Waals surface area contributed by atoms with Crippen LogP contribution < -0.4 is 31.8 Å². The molecule has 1 aliphatic carbocycles. The molecule has 0 unspecified atom stereocenters. The molecule has 3 rings (SSSR count). The molecule has 0 bridgehead atoms. The summed E-state index contributed by atoms with van der Waals surface area (Å²) < 4.78 is 31.0. The molecule has 0 saturated heterocycles. The highest BCUT2D eigenvalue weighted by atomic mass is 32.2. The number of hydrogen-bond donors (Lipinski definition) is 7. The number of nitrogens with two attached hydrogens (primary N) is 1. The van der Waals surface area contributed by atoms with E-state index in [2.05, 4.69) is 26.5 Å². The van der Waals surface area contributed by atoms with E-state index in [1.807, 2.05) is 18.3 Å². The van der Waals surface area contributed by atoms with E-state index in [9.17, 15) is 18.3 Å². The summed E-state index contributed by atoms with van der Waals surface area (Å²) in [6.45, 7) is 8.24. The zero-order chi connectivity index (χ0) is 31.2. The van der Waals surface area contributed by atoms with Gasteiger partial charge in [0, 0.05) is 13.5 Å². The van der Waals surface area contributed by atoms with E-state index in [1.165, 1.54) is 43.9 Å². The molecule has 240 valence electrons. The van der Waals surface area contributed by atoms with Gasteiger partial charge in [-0.3, -0.25) is 9.35 Å². The molecule has 1 amide bonds. The Balaban J connectivity index is 0.000000404. The highest BCUT2D eigenvalue weighted by molar-refractivity contribution is 7.85. The summed E-state index contributed by atoms with van der Waals surface area (Å²) in [5.41, 5.74) is 11.7. The number of nitrogens with one attached hydrogen (secondary N) is 4. The summed E-state index contributed by atoms with van der Waals surface area (Å²) in [5.74, 6) is 0.630. The molecule has 0 fully saturated rings. The number of hydrogen-bond acceptors (Lipinski definition) is 10. The molecule has 0 radical (unpaired) electrons. The van der Waals surface area contributed by atoms with Crippen molar-refractivity contribution in [2.24, 2.45) is 5.73 Å². The number of fused-ring (bicyclic) bond motifs is 1. The topological polar surface area (TPSA) is 193 Å². The van der Waals surface area contributed by atoms with E-state index < -0.39 is 10.1 Å². The third-order valence-electron chi connectivity index (χ3n) is 6.12. The zero-order valence-corrected chi connectivity index (χ0v) is 26.1. The van der Waals surface area contributed by atoms with Gasteiger partial charge in [0.25, 0.3) is 10.1 Å². The third kappa shape index (κ3) is 18.6. The lowest BCUT2D eigenvalue weighted by Crippen LogP contribution is -2.24. The Morgan fingerprint density at radius 2 is 1.62 bits per heavy atom. The lowest BCUT2D eigenvalue weighted by Gasteiger charge is -2.13. The van der Waals surface area contributed by atoms with Gasteiger partial charge in [0.1, 0.15) is 0 Å². The number of aromatic nitrogens is 2. The smallest absolute Gasteiger partial charge is 0.261 e. The van der Waals surface area contributed by atoms with Gasteiger partial charge in [-0.15, -0.1) is 0 Å². The van der Waals surface area contributed by atoms with Crippen LogP contribution >= 0.6 is 0 Å². The molecule has 0 atom stereocenters. The summed E-state index contributed by atoms with van der Waals surface area (Å²) in [4.78, 5) is 12.4. The zero-order valence-electron chi connectivity index (χ0n) is 25.3. The van der Waals surface area contributed by atoms with Crippen LogP contribution in [0.25, 0.3) is 0 Å². The monoisotopic (exact) mass is 613 g/mol. The first-order chi connectivity index (χ1) is 20.0. The van der Waals surface area contributed by atoms with Crippen LogP contribution in [0.5, 0.6) is 11.5 Å². The fourth-order valence-corrected chi connectivity index (χ4v) is 4.12. The number of methoxy groups -OCH3 is 1. The second-order valence-corrected chi connectivity index (χ2v) is 11.5. The van der Waals surface area contributed by atoms with Crippen LogP contribution in [0, 0.1) is 0 Å². The maximum absolute atomic E-state index is 10.8. The Bertz CT molecular complexity index is 1120. The van der Waals surface area contributed by atoms with Gasteiger partial charge in [-0.1, -0.05) is 6.07 Å². The second kappa shape index (κ2) is 21.9. The van der Waals surface area contributed by atoms with Crippen molar-refractivity contribution in [2.75, 3.05) is 58.1 Å². The van der Waals surface area contributed by atoms with Crippen LogP contribution in [0.2, 0.25) is 0 Å². The first kappa shape index (κ1) is 37.3. The van der Waals surface area contributed by atoms with E-state index in [1.54, 1.807) is 18.0 Å². The number of carbonyl (C=O) groups excluding carboxylic acids is 1. The standard InChI is InChI=1S/C18H34N4O2.C9H13N3O.CH4O3S/c1-24-18-14-16(6-7-17(18)23)15-22-13-5-12-21-10-3-2-9-20-11-4-8-19;1-7(13)11-12-9-5-3-2-4-8(9)6-10-12;1-5(2,3)4/h6-7,14,20-23H,2-5,8-13,15,19H2,1H3;6H,2-5H2,1H3,(H,11,13);1H3,(H,2,3,4). The van der Waals surface area contributed by atoms with Crippen molar-refractivity contribution in [2.45, 2.75) is 64.8 Å². The minimum Gasteiger partial charge on any atom is -0.504 e. The first-order valence-electron chi connectivity index (χ1n) is 14.5. The molecule has 1 aromatic heterocycles. The summed E-state index contributed by atoms with van der Waals surface area (Å²) in [7, 11) is -2.10. The Kier molecular flexibility index (Phi) is 19.4. The normalized spacial score (nSPS) is 12.3. The second-order valence-electron chi connectivity index (χ2n) is 10.0. The van der Waals surface area contributed by atoms with E-state index in [-0.39, 0.29) is 11.7 Å². The Morgan fingerprint density at radius 1 is 1.02 bits per heavy atom. The number of nitrogens with zero attached hydrogens (tertiary/aromatic N) is 2. The quantitative estimate of drug-likeness (QED) is 0.107. The molecule has 0 aliphatic heterocycles. The lowest BCUT2D eigenvalue weighted by atomic mass is 9.99. The van der Waals surface area contributed by atoms with Gasteiger partial charge in [-0.05, 0) is 114 Å². The molecule has 2 aromatic rings. The predicted octanol–water partition coefficient (Wildman–Crippen LogP) is 1.54. The molecular weight excluding hydrogens is 562 g/mol. The number of aromatic hydroxyl groups is 1. The third-order valence-corrected chi connectivity index (χ3v) is 6.12. The largest absolute Gasteiger partial charge is 0.504 e. The van der Waals surface area contributed by atoms with Gasteiger partial charge in [-0.2, -0.15) is 18.3 Å². The van der Waals surface area contributed by atoms with Crippen LogP contribution in [0.4, 0.5) is 0 Å². The SMILES string of the molecule is CC(=O)Nn1ncc2c1CCCC2.COc1cc(CNCCCNCCCCNCCCN)ccc1O.CS(=O)(=O)O. The molecule has 1 heterocycles. The summed E-state index contributed by atoms with van der Waals surface area (Å²) in [6.07, 6.45) is 11.7. The number of carbonyl (C=O) groups is 1. The van der Waals surface area contributed by atoms with Crippen LogP contribution in [0.3, 0.4) is 0 Å². The van der Waals surface area contributed by atoms with Crippen molar-refractivity contribution in [3.05, 3.63) is 41.2 Å². The fourth-order valence-electron chi connectivity index (χ4n) is 4.12. The van der Waals surface area contributed by atoms with Crippen molar-refractivity contribution >= 4 is 16.0 Å². The average Bonchev–Trinajstić information content (AvgIpc) is 3.33. The molecule has 14 heteroatoms. The fraction of sp³-hybridized carbons (Fsp3) is 0.643. The highest BCUT2D eigenvalue weighted by Crippen LogP contribution is 2.26. The number of amides is 1. The van der Waals surface area contributed by atoms with Crippen LogP contribution in [-0.4, -0.2) is 86.5 Å². The number of unbranched alkanes of at least 4 members (excludes halogenated alkanes) is 1. The van der Waals surface area contributed by atoms with E-state index in [0.717, 1.165) is 77.1 Å². The van der Waals surface area contributed by atoms with Crippen molar-refractivity contribution in [3.8, 4) is 11.5 Å². The molecule has 1 aromatic carbocycles. The van der Waals surface area contributed by atoms with Gasteiger partial charge >= 0.3 is 0 Å². The molecule has 1 aliphatic rings. The number of aryl methyl sites for hydroxylation is 1. The maximum atomic E-state index is 10.8. The lowest BCUT2D eigenvalue weighted by molar-refractivity contribution is -0.115. The summed E-state index contributed by atoms with van der Waals surface area (Å²) in [6, 6.07) is 5.44. The van der Waals surface area contributed by atoms with Crippen molar-refractivity contribution in [3.63, 3.8) is 0 Å². The Morgan fingerprint density at radius 3 is 2.24 bits per heavy atom. The van der Waals surface area contributed by atoms with Gasteiger partial charge in [0.2, 0.25) is 5.91 Å². The van der Waals surface area contributed by atoms with Crippen molar-refractivity contribution in [1.82, 2.24) is 25.8 Å². The summed E-state index contributed by atoms with van der Waals surface area (Å²) in [5, 5.41) is 23.9. The van der Waals surface area contributed by atoms with Gasteiger partial charge in [0.15, 0.2) is 11.5 Å². The summed E-state index contributed by atoms with van der Waals surface area (Å²) >= 11 is 0. The minimum absolute atomic E-state index is 0.0727. The van der Waals surface area contributed by atoms with Gasteiger partial charge in [-0.25, -0.2) is 5.43 Å². The van der Waals surface area contributed by atoms with E-state index in [4.69, 9.17) is 15.0 Å². The van der Waals surface area contributed by atoms with E-state index >= 15 is 0 Å². The predicted molar refractivity (Wildman–Crippen MR) is 166 cm³/mol. The molecule has 42 heavy (non-hydrogen) atoms. The van der Waals surface area contributed by atoms with Crippen LogP contribution in [-0.2, 0) is 34.3 Å². The van der Waals surface area contributed by atoms with Crippen molar-refractivity contribution < 1.29 is 27.6 Å². The molecule has 13 nitrogen and oxygen atoms in total. The first-order valence-corrected chi connectivity index (χ1v) is 16.3. The van der Waals surface area contributed by atoms with E-state index in [0.29, 0.717) is 12.0 Å². The van der Waals surface area contributed by atoms with Crippen LogP contribution in [0.15, 0.2) is 24.4 Å². The van der Waals surface area contributed by atoms with Gasteiger partial charge < -0.3 is 31.5 Å². The minimum atomic E-state index is -3.67. The molecule has 0 saturated carbocycles.